The second-order valence-corrected chi connectivity index (χ2v) is 6.81. The van der Waals surface area contributed by atoms with Crippen LogP contribution in [0.15, 0.2) is 17.0 Å². The van der Waals surface area contributed by atoms with Gasteiger partial charge in [0.25, 0.3) is 0 Å². The number of ether oxygens (including phenoxy) is 1. The van der Waals surface area contributed by atoms with Crippen molar-refractivity contribution in [3.63, 3.8) is 0 Å². The van der Waals surface area contributed by atoms with Crippen LogP contribution in [-0.4, -0.2) is 26.7 Å². The molecule has 0 saturated heterocycles. The molecule has 0 heterocycles. The first-order chi connectivity index (χ1) is 8.89. The molecule has 0 bridgehead atoms. The van der Waals surface area contributed by atoms with Gasteiger partial charge in [-0.15, -0.1) is 0 Å². The summed E-state index contributed by atoms with van der Waals surface area (Å²) in [6, 6.07) is 2.78. The SMILES string of the molecule is COc1c(CO)cc(Cl)cc1S(=O)(=O)NC1CC1C. The third-order valence-electron chi connectivity index (χ3n) is 3.18. The maximum absolute atomic E-state index is 12.3. The zero-order chi connectivity index (χ0) is 14.2. The van der Waals surface area contributed by atoms with E-state index < -0.39 is 10.0 Å². The Morgan fingerprint density at radius 3 is 2.63 bits per heavy atom. The van der Waals surface area contributed by atoms with Crippen molar-refractivity contribution < 1.29 is 18.3 Å². The van der Waals surface area contributed by atoms with E-state index in [1.807, 2.05) is 6.92 Å². The van der Waals surface area contributed by atoms with Gasteiger partial charge in [0.1, 0.15) is 10.6 Å². The molecule has 1 aliphatic rings. The van der Waals surface area contributed by atoms with E-state index in [1.165, 1.54) is 19.2 Å². The molecule has 2 rings (SSSR count). The van der Waals surface area contributed by atoms with Crippen LogP contribution in [0, 0.1) is 5.92 Å². The maximum Gasteiger partial charge on any atom is 0.244 e. The van der Waals surface area contributed by atoms with Gasteiger partial charge in [0.05, 0.1) is 13.7 Å². The summed E-state index contributed by atoms with van der Waals surface area (Å²) >= 11 is 5.89. The van der Waals surface area contributed by atoms with Crippen LogP contribution in [0.1, 0.15) is 18.9 Å². The minimum absolute atomic E-state index is 0.0359. The van der Waals surface area contributed by atoms with E-state index >= 15 is 0 Å². The number of methoxy groups -OCH3 is 1. The Labute approximate surface area is 117 Å². The highest BCUT2D eigenvalue weighted by atomic mass is 35.5. The van der Waals surface area contributed by atoms with Gasteiger partial charge in [-0.05, 0) is 24.5 Å². The number of nitrogens with one attached hydrogen (secondary N) is 1. The van der Waals surface area contributed by atoms with Crippen LogP contribution in [0.3, 0.4) is 0 Å². The predicted octanol–water partition coefficient (Wildman–Crippen LogP) is 1.53. The molecule has 0 radical (unpaired) electrons. The highest BCUT2D eigenvalue weighted by Gasteiger charge is 2.37. The van der Waals surface area contributed by atoms with Crippen LogP contribution >= 0.6 is 11.6 Å². The fourth-order valence-electron chi connectivity index (χ4n) is 1.92. The minimum Gasteiger partial charge on any atom is -0.495 e. The van der Waals surface area contributed by atoms with Gasteiger partial charge in [-0.2, -0.15) is 0 Å². The first kappa shape index (κ1) is 14.6. The number of rotatable bonds is 5. The lowest BCUT2D eigenvalue weighted by Gasteiger charge is -2.14. The zero-order valence-corrected chi connectivity index (χ0v) is 12.3. The summed E-state index contributed by atoms with van der Waals surface area (Å²) in [5.41, 5.74) is 0.347. The average molecular weight is 306 g/mol. The highest BCUT2D eigenvalue weighted by Crippen LogP contribution is 2.35. The van der Waals surface area contributed by atoms with Crippen LogP contribution in [0.25, 0.3) is 0 Å². The number of aliphatic hydroxyl groups excluding tert-OH is 1. The van der Waals surface area contributed by atoms with E-state index in [0.29, 0.717) is 11.5 Å². The molecular weight excluding hydrogens is 290 g/mol. The van der Waals surface area contributed by atoms with Crippen molar-refractivity contribution in [1.82, 2.24) is 4.72 Å². The molecule has 7 heteroatoms. The third-order valence-corrected chi connectivity index (χ3v) is 4.89. The van der Waals surface area contributed by atoms with Gasteiger partial charge in [-0.25, -0.2) is 13.1 Å². The number of hydrogen-bond donors (Lipinski definition) is 2. The van der Waals surface area contributed by atoms with Crippen LogP contribution in [0.5, 0.6) is 5.75 Å². The number of hydrogen-bond acceptors (Lipinski definition) is 4. The fourth-order valence-corrected chi connectivity index (χ4v) is 3.82. The Kier molecular flexibility index (Phi) is 4.06. The Morgan fingerprint density at radius 2 is 2.16 bits per heavy atom. The minimum atomic E-state index is -3.70. The third kappa shape index (κ3) is 3.02. The normalized spacial score (nSPS) is 22.3. The van der Waals surface area contributed by atoms with Gasteiger partial charge in [0.15, 0.2) is 0 Å². The molecular formula is C12H16ClNO4S. The highest BCUT2D eigenvalue weighted by molar-refractivity contribution is 7.89. The fraction of sp³-hybridized carbons (Fsp3) is 0.500. The summed E-state index contributed by atoms with van der Waals surface area (Å²) < 4.78 is 32.3. The van der Waals surface area contributed by atoms with Crippen molar-refractivity contribution >= 4 is 21.6 Å². The molecule has 0 spiro atoms. The van der Waals surface area contributed by atoms with Gasteiger partial charge in [0.2, 0.25) is 10.0 Å². The molecule has 2 atom stereocenters. The number of benzene rings is 1. The van der Waals surface area contributed by atoms with Crippen LogP contribution < -0.4 is 9.46 Å². The maximum atomic E-state index is 12.3. The molecule has 0 amide bonds. The average Bonchev–Trinajstić information content (AvgIpc) is 3.02. The summed E-state index contributed by atoms with van der Waals surface area (Å²) in [7, 11) is -2.34. The van der Waals surface area contributed by atoms with Gasteiger partial charge in [0, 0.05) is 16.6 Å². The Bertz CT molecular complexity index is 588. The largest absolute Gasteiger partial charge is 0.495 e. The van der Waals surface area contributed by atoms with Crippen molar-refractivity contribution in [3.8, 4) is 5.75 Å². The van der Waals surface area contributed by atoms with Crippen molar-refractivity contribution in [2.45, 2.75) is 30.9 Å². The lowest BCUT2D eigenvalue weighted by atomic mass is 10.2. The second-order valence-electron chi connectivity index (χ2n) is 4.70. The number of sulfonamides is 1. The summed E-state index contributed by atoms with van der Waals surface area (Å²) in [4.78, 5) is -0.0364. The molecule has 1 aromatic carbocycles. The lowest BCUT2D eigenvalue weighted by Crippen LogP contribution is -2.27. The van der Waals surface area contributed by atoms with Gasteiger partial charge in [-0.1, -0.05) is 18.5 Å². The molecule has 2 N–H and O–H groups in total. The molecule has 106 valence electrons. The summed E-state index contributed by atoms with van der Waals surface area (Å²) in [5, 5.41) is 9.49. The summed E-state index contributed by atoms with van der Waals surface area (Å²) in [5.74, 6) is 0.477. The van der Waals surface area contributed by atoms with Crippen molar-refractivity contribution in [2.24, 2.45) is 5.92 Å². The van der Waals surface area contributed by atoms with E-state index in [1.54, 1.807) is 0 Å². The van der Waals surface area contributed by atoms with Crippen LogP contribution in [0.2, 0.25) is 5.02 Å². The summed E-state index contributed by atoms with van der Waals surface area (Å²) in [6.07, 6.45) is 0.828. The van der Waals surface area contributed by atoms with Crippen molar-refractivity contribution in [3.05, 3.63) is 22.7 Å². The van der Waals surface area contributed by atoms with Crippen LogP contribution in [0.4, 0.5) is 0 Å². The van der Waals surface area contributed by atoms with Gasteiger partial charge < -0.3 is 9.84 Å². The molecule has 1 aliphatic carbocycles. The molecule has 0 aliphatic heterocycles. The Balaban J connectivity index is 2.45. The molecule has 5 nitrogen and oxygen atoms in total. The predicted molar refractivity (Wildman–Crippen MR) is 71.8 cm³/mol. The monoisotopic (exact) mass is 305 g/mol. The standard InChI is InChI=1S/C12H16ClNO4S/c1-7-3-10(7)14-19(16,17)11-5-9(13)4-8(6-15)12(11)18-2/h4-5,7,10,14-15H,3,6H2,1-2H3. The smallest absolute Gasteiger partial charge is 0.244 e. The van der Waals surface area contributed by atoms with Crippen molar-refractivity contribution in [1.29, 1.82) is 0 Å². The first-order valence-corrected chi connectivity index (χ1v) is 7.74. The summed E-state index contributed by atoms with van der Waals surface area (Å²) in [6.45, 7) is 1.63. The van der Waals surface area contributed by atoms with E-state index in [9.17, 15) is 13.5 Å². The van der Waals surface area contributed by atoms with Gasteiger partial charge in [-0.3, -0.25) is 0 Å². The Hall–Kier alpha value is -0.820. The van der Waals surface area contributed by atoms with E-state index in [2.05, 4.69) is 4.72 Å². The molecule has 19 heavy (non-hydrogen) atoms. The molecule has 1 fully saturated rings. The first-order valence-electron chi connectivity index (χ1n) is 5.88. The lowest BCUT2D eigenvalue weighted by molar-refractivity contribution is 0.272. The van der Waals surface area contributed by atoms with E-state index in [4.69, 9.17) is 16.3 Å². The second kappa shape index (κ2) is 5.28. The topological polar surface area (TPSA) is 75.6 Å². The molecule has 2 unspecified atom stereocenters. The quantitative estimate of drug-likeness (QED) is 0.865. The van der Waals surface area contributed by atoms with Gasteiger partial charge >= 0.3 is 0 Å². The van der Waals surface area contributed by atoms with E-state index in [0.717, 1.165) is 6.42 Å². The molecule has 1 saturated carbocycles. The van der Waals surface area contributed by atoms with E-state index in [-0.39, 0.29) is 28.3 Å². The zero-order valence-electron chi connectivity index (χ0n) is 10.7. The van der Waals surface area contributed by atoms with Crippen LogP contribution in [-0.2, 0) is 16.6 Å². The Morgan fingerprint density at radius 1 is 1.53 bits per heavy atom. The van der Waals surface area contributed by atoms with Crippen molar-refractivity contribution in [2.75, 3.05) is 7.11 Å². The molecule has 1 aromatic rings. The molecule has 0 aromatic heterocycles. The number of aliphatic hydroxyl groups is 1. The number of halogens is 1.